The van der Waals surface area contributed by atoms with Crippen LogP contribution in [0.5, 0.6) is 0 Å². The smallest absolute Gasteiger partial charge is 0.417 e. The van der Waals surface area contributed by atoms with Crippen LogP contribution in [-0.2, 0) is 6.18 Å². The van der Waals surface area contributed by atoms with E-state index < -0.39 is 33.6 Å². The Balaban J connectivity index is 3.54. The highest BCUT2D eigenvalue weighted by molar-refractivity contribution is 6.34. The Morgan fingerprint density at radius 3 is 2.33 bits per heavy atom. The first-order valence-corrected chi connectivity index (χ1v) is 4.15. The van der Waals surface area contributed by atoms with Crippen molar-refractivity contribution in [2.24, 2.45) is 0 Å². The Morgan fingerprint density at radius 2 is 1.93 bits per heavy atom. The van der Waals surface area contributed by atoms with Crippen molar-refractivity contribution >= 4 is 29.2 Å². The van der Waals surface area contributed by atoms with E-state index in [2.05, 4.69) is 4.98 Å². The molecule has 0 aliphatic carbocycles. The molecule has 0 unspecified atom stereocenters. The Morgan fingerprint density at radius 1 is 1.40 bits per heavy atom. The quantitative estimate of drug-likeness (QED) is 0.789. The fourth-order valence-corrected chi connectivity index (χ4v) is 1.42. The second-order valence-electron chi connectivity index (χ2n) is 2.46. The molecule has 1 N–H and O–H groups in total. The highest BCUT2D eigenvalue weighted by Crippen LogP contribution is 2.35. The van der Waals surface area contributed by atoms with E-state index in [4.69, 9.17) is 28.3 Å². The summed E-state index contributed by atoms with van der Waals surface area (Å²) in [7, 11) is 0. The molecule has 1 aromatic heterocycles. The number of hydrogen-bond donors (Lipinski definition) is 1. The van der Waals surface area contributed by atoms with Crippen LogP contribution in [0.3, 0.4) is 0 Å². The van der Waals surface area contributed by atoms with E-state index >= 15 is 0 Å². The van der Waals surface area contributed by atoms with Crippen LogP contribution in [0.15, 0.2) is 6.07 Å². The number of hydrogen-bond acceptors (Lipinski definition) is 2. The average molecular weight is 260 g/mol. The lowest BCUT2D eigenvalue weighted by atomic mass is 10.1. The Kier molecular flexibility index (Phi) is 3.11. The monoisotopic (exact) mass is 259 g/mol. The molecule has 0 bridgehead atoms. The highest BCUT2D eigenvalue weighted by atomic mass is 35.5. The molecule has 3 nitrogen and oxygen atoms in total. The molecule has 0 spiro atoms. The Labute approximate surface area is 91.4 Å². The van der Waals surface area contributed by atoms with Gasteiger partial charge in [0.05, 0.1) is 5.56 Å². The summed E-state index contributed by atoms with van der Waals surface area (Å²) in [4.78, 5) is 13.8. The topological polar surface area (TPSA) is 50.2 Å². The number of rotatable bonds is 1. The molecule has 0 atom stereocenters. The zero-order chi connectivity index (χ0) is 11.8. The number of aromatic carboxylic acids is 1. The van der Waals surface area contributed by atoms with Crippen LogP contribution < -0.4 is 0 Å². The molecule has 0 saturated carbocycles. The number of nitrogens with zero attached hydrogens (tertiary/aromatic N) is 1. The van der Waals surface area contributed by atoms with Crippen LogP contribution in [0.25, 0.3) is 0 Å². The molecule has 0 aromatic carbocycles. The standard InChI is InChI=1S/C7H2Cl2F3NO2/c8-3-1-2(7(10,11)12)4(6(14)15)5(9)13-3/h1H,(H,14,15). The summed E-state index contributed by atoms with van der Waals surface area (Å²) in [6, 6.07) is 0.414. The van der Waals surface area contributed by atoms with Gasteiger partial charge < -0.3 is 5.11 Å². The summed E-state index contributed by atoms with van der Waals surface area (Å²) in [5.41, 5.74) is -2.52. The normalized spacial score (nSPS) is 11.5. The number of pyridine rings is 1. The maximum Gasteiger partial charge on any atom is 0.417 e. The van der Waals surface area contributed by atoms with E-state index in [-0.39, 0.29) is 0 Å². The van der Waals surface area contributed by atoms with Gasteiger partial charge in [-0.25, -0.2) is 9.78 Å². The summed E-state index contributed by atoms with van der Waals surface area (Å²) < 4.78 is 37.1. The molecule has 0 saturated heterocycles. The van der Waals surface area contributed by atoms with Gasteiger partial charge >= 0.3 is 12.1 Å². The molecule has 0 amide bonds. The minimum Gasteiger partial charge on any atom is -0.478 e. The lowest BCUT2D eigenvalue weighted by Gasteiger charge is -2.10. The zero-order valence-electron chi connectivity index (χ0n) is 6.77. The summed E-state index contributed by atoms with van der Waals surface area (Å²) in [5, 5.41) is 7.23. The SMILES string of the molecule is O=C(O)c1c(C(F)(F)F)cc(Cl)nc1Cl. The van der Waals surface area contributed by atoms with Gasteiger partial charge in [-0.15, -0.1) is 0 Å². The van der Waals surface area contributed by atoms with Crippen molar-refractivity contribution in [2.75, 3.05) is 0 Å². The van der Waals surface area contributed by atoms with Gasteiger partial charge in [-0.3, -0.25) is 0 Å². The maximum atomic E-state index is 12.4. The molecule has 0 radical (unpaired) electrons. The van der Waals surface area contributed by atoms with Crippen LogP contribution in [0.2, 0.25) is 10.3 Å². The minimum atomic E-state index is -4.84. The third kappa shape index (κ3) is 2.51. The summed E-state index contributed by atoms with van der Waals surface area (Å²) in [6.07, 6.45) is -4.84. The first-order chi connectivity index (χ1) is 6.73. The molecular formula is C7H2Cl2F3NO2. The van der Waals surface area contributed by atoms with Gasteiger partial charge in [0.1, 0.15) is 15.9 Å². The molecule has 82 valence electrons. The highest BCUT2D eigenvalue weighted by Gasteiger charge is 2.37. The predicted octanol–water partition coefficient (Wildman–Crippen LogP) is 3.11. The number of aromatic nitrogens is 1. The van der Waals surface area contributed by atoms with Crippen molar-refractivity contribution in [3.8, 4) is 0 Å². The molecular weight excluding hydrogens is 258 g/mol. The van der Waals surface area contributed by atoms with Gasteiger partial charge in [0.25, 0.3) is 0 Å². The van der Waals surface area contributed by atoms with Crippen molar-refractivity contribution in [1.82, 2.24) is 4.98 Å². The van der Waals surface area contributed by atoms with Crippen LogP contribution >= 0.6 is 23.2 Å². The molecule has 8 heteroatoms. The fourth-order valence-electron chi connectivity index (χ4n) is 0.911. The lowest BCUT2D eigenvalue weighted by molar-refractivity contribution is -0.138. The number of carbonyl (C=O) groups is 1. The maximum absolute atomic E-state index is 12.4. The summed E-state index contributed by atoms with van der Waals surface area (Å²) in [5.74, 6) is -1.81. The van der Waals surface area contributed by atoms with Crippen molar-refractivity contribution in [3.05, 3.63) is 27.5 Å². The van der Waals surface area contributed by atoms with Gasteiger partial charge in [-0.2, -0.15) is 13.2 Å². The largest absolute Gasteiger partial charge is 0.478 e. The number of alkyl halides is 3. The second kappa shape index (κ2) is 3.86. The van der Waals surface area contributed by atoms with E-state index in [1.54, 1.807) is 0 Å². The lowest BCUT2D eigenvalue weighted by Crippen LogP contribution is -2.14. The second-order valence-corrected chi connectivity index (χ2v) is 3.21. The first-order valence-electron chi connectivity index (χ1n) is 3.40. The summed E-state index contributed by atoms with van der Waals surface area (Å²) >= 11 is 10.5. The number of carboxylic acid groups (broad SMARTS) is 1. The van der Waals surface area contributed by atoms with E-state index in [0.717, 1.165) is 0 Å². The first kappa shape index (κ1) is 12.1. The number of halogens is 5. The molecule has 1 rings (SSSR count). The van der Waals surface area contributed by atoms with E-state index in [1.807, 2.05) is 0 Å². The van der Waals surface area contributed by atoms with Crippen LogP contribution in [0.4, 0.5) is 13.2 Å². The van der Waals surface area contributed by atoms with Gasteiger partial charge in [-0.1, -0.05) is 23.2 Å². The van der Waals surface area contributed by atoms with Crippen LogP contribution in [-0.4, -0.2) is 16.1 Å². The van der Waals surface area contributed by atoms with Gasteiger partial charge in [0.15, 0.2) is 0 Å². The van der Waals surface area contributed by atoms with Crippen LogP contribution in [0.1, 0.15) is 15.9 Å². The third-order valence-electron chi connectivity index (χ3n) is 1.46. The van der Waals surface area contributed by atoms with Gasteiger partial charge in [-0.05, 0) is 6.07 Å². The summed E-state index contributed by atoms with van der Waals surface area (Å²) in [6.45, 7) is 0. The molecule has 1 heterocycles. The molecule has 0 fully saturated rings. The van der Waals surface area contributed by atoms with Crippen molar-refractivity contribution in [2.45, 2.75) is 6.18 Å². The molecule has 1 aromatic rings. The predicted molar refractivity (Wildman–Crippen MR) is 46.2 cm³/mol. The van der Waals surface area contributed by atoms with Crippen LogP contribution in [0, 0.1) is 0 Å². The van der Waals surface area contributed by atoms with Crippen molar-refractivity contribution < 1.29 is 23.1 Å². The van der Waals surface area contributed by atoms with Crippen molar-refractivity contribution in [3.63, 3.8) is 0 Å². The van der Waals surface area contributed by atoms with Crippen molar-refractivity contribution in [1.29, 1.82) is 0 Å². The third-order valence-corrected chi connectivity index (χ3v) is 1.93. The number of carboxylic acids is 1. The fraction of sp³-hybridized carbons (Fsp3) is 0.143. The van der Waals surface area contributed by atoms with E-state index in [0.29, 0.717) is 6.07 Å². The van der Waals surface area contributed by atoms with E-state index in [9.17, 15) is 18.0 Å². The van der Waals surface area contributed by atoms with Gasteiger partial charge in [0, 0.05) is 0 Å². The molecule has 15 heavy (non-hydrogen) atoms. The Hall–Kier alpha value is -1.01. The van der Waals surface area contributed by atoms with Gasteiger partial charge in [0.2, 0.25) is 0 Å². The molecule has 0 aliphatic heterocycles. The molecule has 0 aliphatic rings. The zero-order valence-corrected chi connectivity index (χ0v) is 8.28. The minimum absolute atomic E-state index is 0.414. The van der Waals surface area contributed by atoms with E-state index in [1.165, 1.54) is 0 Å². The Bertz CT molecular complexity index is 419. The average Bonchev–Trinajstić information content (AvgIpc) is 1.99.